The molecule has 0 saturated heterocycles. The molecule has 1 aromatic rings. The molecule has 0 aliphatic heterocycles. The summed E-state index contributed by atoms with van der Waals surface area (Å²) in [5.74, 6) is -0.835. The molecule has 1 unspecified atom stereocenters. The smallest absolute Gasteiger partial charge is 0.305 e. The van der Waals surface area contributed by atoms with Crippen LogP contribution >= 0.6 is 0 Å². The van der Waals surface area contributed by atoms with E-state index in [0.717, 1.165) is 24.8 Å². The van der Waals surface area contributed by atoms with Crippen LogP contribution in [-0.2, 0) is 17.6 Å². The van der Waals surface area contributed by atoms with E-state index in [-0.39, 0.29) is 12.5 Å². The van der Waals surface area contributed by atoms with Gasteiger partial charge in [0.25, 0.3) is 0 Å². The lowest BCUT2D eigenvalue weighted by Gasteiger charge is -2.14. The third-order valence-electron chi connectivity index (χ3n) is 2.98. The summed E-state index contributed by atoms with van der Waals surface area (Å²) < 4.78 is 0. The van der Waals surface area contributed by atoms with Crippen LogP contribution in [0.1, 0.15) is 35.6 Å². The molecule has 3 nitrogen and oxygen atoms in total. The SMILES string of the molecule is NC(CC(=O)O)c1cccc2c1CCC2. The summed E-state index contributed by atoms with van der Waals surface area (Å²) in [5.41, 5.74) is 9.53. The van der Waals surface area contributed by atoms with Crippen molar-refractivity contribution >= 4 is 5.97 Å². The summed E-state index contributed by atoms with van der Waals surface area (Å²) in [6.07, 6.45) is 3.31. The maximum absolute atomic E-state index is 10.6. The Hall–Kier alpha value is -1.35. The predicted octanol–water partition coefficient (Wildman–Crippen LogP) is 1.65. The van der Waals surface area contributed by atoms with E-state index < -0.39 is 5.97 Å². The molecule has 2 rings (SSSR count). The third-order valence-corrected chi connectivity index (χ3v) is 2.98. The third kappa shape index (κ3) is 2.02. The van der Waals surface area contributed by atoms with Crippen molar-refractivity contribution in [1.82, 2.24) is 0 Å². The molecule has 1 aliphatic rings. The Kier molecular flexibility index (Phi) is 2.73. The Balaban J connectivity index is 2.28. The highest BCUT2D eigenvalue weighted by Crippen LogP contribution is 2.29. The zero-order chi connectivity index (χ0) is 10.8. The van der Waals surface area contributed by atoms with Crippen LogP contribution in [0, 0.1) is 0 Å². The van der Waals surface area contributed by atoms with Crippen molar-refractivity contribution in [2.75, 3.05) is 0 Å². The Morgan fingerprint density at radius 3 is 3.00 bits per heavy atom. The van der Waals surface area contributed by atoms with Crippen LogP contribution < -0.4 is 5.73 Å². The molecule has 0 aromatic heterocycles. The van der Waals surface area contributed by atoms with Crippen LogP contribution in [0.3, 0.4) is 0 Å². The highest BCUT2D eigenvalue weighted by molar-refractivity contribution is 5.68. The zero-order valence-electron chi connectivity index (χ0n) is 8.57. The van der Waals surface area contributed by atoms with E-state index in [9.17, 15) is 4.79 Å². The number of carboxylic acid groups (broad SMARTS) is 1. The molecule has 80 valence electrons. The van der Waals surface area contributed by atoms with Gasteiger partial charge in [-0.1, -0.05) is 18.2 Å². The molecule has 1 aliphatic carbocycles. The maximum Gasteiger partial charge on any atom is 0.305 e. The van der Waals surface area contributed by atoms with E-state index in [1.54, 1.807) is 0 Å². The lowest BCUT2D eigenvalue weighted by atomic mass is 9.96. The summed E-state index contributed by atoms with van der Waals surface area (Å²) >= 11 is 0. The van der Waals surface area contributed by atoms with Crippen molar-refractivity contribution in [2.24, 2.45) is 5.73 Å². The number of hydrogen-bond acceptors (Lipinski definition) is 2. The van der Waals surface area contributed by atoms with Crippen LogP contribution in [0.4, 0.5) is 0 Å². The molecule has 0 fully saturated rings. The topological polar surface area (TPSA) is 63.3 Å². The fourth-order valence-electron chi connectivity index (χ4n) is 2.29. The molecule has 0 saturated carbocycles. The molecule has 0 spiro atoms. The largest absolute Gasteiger partial charge is 0.481 e. The second-order valence-corrected chi connectivity index (χ2v) is 4.04. The molecule has 0 bridgehead atoms. The number of fused-ring (bicyclic) bond motifs is 1. The van der Waals surface area contributed by atoms with Gasteiger partial charge in [-0.3, -0.25) is 4.79 Å². The lowest BCUT2D eigenvalue weighted by Crippen LogP contribution is -2.16. The number of nitrogens with two attached hydrogens (primary N) is 1. The fraction of sp³-hybridized carbons (Fsp3) is 0.417. The molecule has 1 aromatic carbocycles. The average Bonchev–Trinajstić information content (AvgIpc) is 2.63. The van der Waals surface area contributed by atoms with E-state index in [2.05, 4.69) is 6.07 Å². The number of benzene rings is 1. The summed E-state index contributed by atoms with van der Waals surface area (Å²) in [4.78, 5) is 10.6. The first-order chi connectivity index (χ1) is 7.18. The van der Waals surface area contributed by atoms with Gasteiger partial charge < -0.3 is 10.8 Å². The van der Waals surface area contributed by atoms with E-state index in [0.29, 0.717) is 0 Å². The Labute approximate surface area is 88.9 Å². The molecule has 0 heterocycles. The number of rotatable bonds is 3. The van der Waals surface area contributed by atoms with E-state index in [1.165, 1.54) is 11.1 Å². The standard InChI is InChI=1S/C12H15NO2/c13-11(7-12(14)15)10-6-2-4-8-3-1-5-9(8)10/h2,4,6,11H,1,3,5,7,13H2,(H,14,15). The van der Waals surface area contributed by atoms with E-state index in [4.69, 9.17) is 10.8 Å². The predicted molar refractivity (Wildman–Crippen MR) is 57.6 cm³/mol. The van der Waals surface area contributed by atoms with Gasteiger partial charge in [0.05, 0.1) is 6.42 Å². The molecular weight excluding hydrogens is 190 g/mol. The van der Waals surface area contributed by atoms with Crippen LogP contribution in [0.5, 0.6) is 0 Å². The van der Waals surface area contributed by atoms with E-state index >= 15 is 0 Å². The van der Waals surface area contributed by atoms with E-state index in [1.807, 2.05) is 12.1 Å². The monoisotopic (exact) mass is 205 g/mol. The van der Waals surface area contributed by atoms with Gasteiger partial charge in [0, 0.05) is 6.04 Å². The van der Waals surface area contributed by atoms with Gasteiger partial charge in [0.2, 0.25) is 0 Å². The fourth-order valence-corrected chi connectivity index (χ4v) is 2.29. The zero-order valence-corrected chi connectivity index (χ0v) is 8.57. The van der Waals surface area contributed by atoms with Gasteiger partial charge in [-0.2, -0.15) is 0 Å². The first kappa shape index (κ1) is 10.2. The van der Waals surface area contributed by atoms with Crippen molar-refractivity contribution in [3.8, 4) is 0 Å². The Morgan fingerprint density at radius 1 is 1.47 bits per heavy atom. The Morgan fingerprint density at radius 2 is 2.27 bits per heavy atom. The first-order valence-electron chi connectivity index (χ1n) is 5.26. The number of hydrogen-bond donors (Lipinski definition) is 2. The highest BCUT2D eigenvalue weighted by atomic mass is 16.4. The summed E-state index contributed by atoms with van der Waals surface area (Å²) in [5, 5.41) is 8.71. The van der Waals surface area contributed by atoms with Crippen LogP contribution in [-0.4, -0.2) is 11.1 Å². The first-order valence-corrected chi connectivity index (χ1v) is 5.26. The van der Waals surface area contributed by atoms with Gasteiger partial charge in [0.15, 0.2) is 0 Å². The summed E-state index contributed by atoms with van der Waals surface area (Å²) in [6.45, 7) is 0. The molecule has 3 N–H and O–H groups in total. The maximum atomic E-state index is 10.6. The van der Waals surface area contributed by atoms with Crippen LogP contribution in [0.25, 0.3) is 0 Å². The number of carbonyl (C=O) groups is 1. The summed E-state index contributed by atoms with van der Waals surface area (Å²) in [6, 6.07) is 5.67. The molecule has 3 heteroatoms. The normalized spacial score (nSPS) is 16.1. The van der Waals surface area contributed by atoms with Gasteiger partial charge in [-0.15, -0.1) is 0 Å². The molecular formula is C12H15NO2. The molecule has 15 heavy (non-hydrogen) atoms. The Bertz CT molecular complexity index is 387. The number of aliphatic carboxylic acids is 1. The second kappa shape index (κ2) is 4.03. The lowest BCUT2D eigenvalue weighted by molar-refractivity contribution is -0.137. The van der Waals surface area contributed by atoms with Crippen molar-refractivity contribution < 1.29 is 9.90 Å². The minimum atomic E-state index is -0.835. The molecule has 1 atom stereocenters. The van der Waals surface area contributed by atoms with Gasteiger partial charge in [0.1, 0.15) is 0 Å². The van der Waals surface area contributed by atoms with Crippen molar-refractivity contribution in [1.29, 1.82) is 0 Å². The minimum absolute atomic E-state index is 0.0104. The van der Waals surface area contributed by atoms with Crippen LogP contribution in [0.2, 0.25) is 0 Å². The average molecular weight is 205 g/mol. The quantitative estimate of drug-likeness (QED) is 0.788. The summed E-state index contributed by atoms with van der Waals surface area (Å²) in [7, 11) is 0. The number of carboxylic acids is 1. The molecule has 0 radical (unpaired) electrons. The van der Waals surface area contributed by atoms with Gasteiger partial charge in [-0.05, 0) is 36.0 Å². The van der Waals surface area contributed by atoms with Crippen molar-refractivity contribution in [3.05, 3.63) is 34.9 Å². The van der Waals surface area contributed by atoms with Crippen LogP contribution in [0.15, 0.2) is 18.2 Å². The van der Waals surface area contributed by atoms with Crippen molar-refractivity contribution in [2.45, 2.75) is 31.7 Å². The number of aryl methyl sites for hydroxylation is 1. The minimum Gasteiger partial charge on any atom is -0.481 e. The van der Waals surface area contributed by atoms with Gasteiger partial charge in [-0.25, -0.2) is 0 Å². The van der Waals surface area contributed by atoms with Gasteiger partial charge >= 0.3 is 5.97 Å². The molecule has 0 amide bonds. The van der Waals surface area contributed by atoms with Crippen molar-refractivity contribution in [3.63, 3.8) is 0 Å². The second-order valence-electron chi connectivity index (χ2n) is 4.04. The highest BCUT2D eigenvalue weighted by Gasteiger charge is 2.19.